The summed E-state index contributed by atoms with van der Waals surface area (Å²) in [6.07, 6.45) is 3.69. The molecular weight excluding hydrogens is 352 g/mol. The second-order valence-electron chi connectivity index (χ2n) is 6.56. The summed E-state index contributed by atoms with van der Waals surface area (Å²) in [6.45, 7) is 4.18. The molecule has 0 atom stereocenters. The van der Waals surface area contributed by atoms with Crippen molar-refractivity contribution in [2.75, 3.05) is 19.5 Å². The predicted molar refractivity (Wildman–Crippen MR) is 111 cm³/mol. The van der Waals surface area contributed by atoms with Crippen LogP contribution in [-0.4, -0.2) is 28.6 Å². The average Bonchev–Trinajstić information content (AvgIpc) is 3.08. The molecule has 2 aromatic heterocycles. The fourth-order valence-electron chi connectivity index (χ4n) is 3.32. The molecular formula is C22H22N4O2. The van der Waals surface area contributed by atoms with Crippen molar-refractivity contribution in [3.63, 3.8) is 0 Å². The van der Waals surface area contributed by atoms with Crippen LogP contribution >= 0.6 is 0 Å². The van der Waals surface area contributed by atoms with E-state index in [1.807, 2.05) is 34.9 Å². The number of rotatable bonds is 5. The molecule has 0 aliphatic rings. The molecule has 2 aromatic carbocycles. The molecule has 4 rings (SSSR count). The van der Waals surface area contributed by atoms with Gasteiger partial charge in [-0.3, -0.25) is 4.40 Å². The number of hydrogen-bond acceptors (Lipinski definition) is 5. The van der Waals surface area contributed by atoms with E-state index in [1.165, 1.54) is 0 Å². The molecule has 0 fully saturated rings. The van der Waals surface area contributed by atoms with Crippen LogP contribution in [0.4, 0.5) is 11.5 Å². The highest BCUT2D eigenvalue weighted by atomic mass is 16.5. The van der Waals surface area contributed by atoms with E-state index >= 15 is 0 Å². The number of nitrogens with one attached hydrogen (secondary N) is 1. The van der Waals surface area contributed by atoms with E-state index < -0.39 is 0 Å². The van der Waals surface area contributed by atoms with Gasteiger partial charge in [0, 0.05) is 23.6 Å². The van der Waals surface area contributed by atoms with Crippen LogP contribution in [0.15, 0.2) is 54.9 Å². The molecule has 6 heteroatoms. The third-order valence-electron chi connectivity index (χ3n) is 4.79. The molecule has 0 spiro atoms. The lowest BCUT2D eigenvalue weighted by molar-refractivity contribution is 0.355. The molecule has 0 aliphatic heterocycles. The number of methoxy groups -OCH3 is 2. The Hall–Kier alpha value is -3.54. The van der Waals surface area contributed by atoms with Crippen LogP contribution in [0, 0.1) is 13.8 Å². The number of anilines is 2. The Morgan fingerprint density at radius 3 is 2.39 bits per heavy atom. The quantitative estimate of drug-likeness (QED) is 0.545. The van der Waals surface area contributed by atoms with Crippen molar-refractivity contribution in [2.45, 2.75) is 13.8 Å². The summed E-state index contributed by atoms with van der Waals surface area (Å²) in [6, 6.07) is 13.9. The molecule has 0 saturated carbocycles. The summed E-state index contributed by atoms with van der Waals surface area (Å²) in [5.41, 5.74) is 5.10. The SMILES string of the molecule is COc1ccc(-c2nc3ncccn3c2Nc2c(C)cccc2C)cc1OC. The maximum absolute atomic E-state index is 5.47. The molecule has 2 heterocycles. The highest BCUT2D eigenvalue weighted by Crippen LogP contribution is 2.37. The molecule has 0 amide bonds. The van der Waals surface area contributed by atoms with Crippen molar-refractivity contribution in [2.24, 2.45) is 0 Å². The number of aromatic nitrogens is 3. The second-order valence-corrected chi connectivity index (χ2v) is 6.56. The Kier molecular flexibility index (Phi) is 4.61. The Balaban J connectivity index is 1.91. The van der Waals surface area contributed by atoms with E-state index in [0.29, 0.717) is 17.3 Å². The van der Waals surface area contributed by atoms with Gasteiger partial charge in [-0.25, -0.2) is 9.97 Å². The van der Waals surface area contributed by atoms with Crippen molar-refractivity contribution < 1.29 is 9.47 Å². The Bertz CT molecular complexity index is 1130. The number of fused-ring (bicyclic) bond motifs is 1. The Labute approximate surface area is 163 Å². The first-order valence-electron chi connectivity index (χ1n) is 9.01. The minimum atomic E-state index is 0.626. The first-order valence-corrected chi connectivity index (χ1v) is 9.01. The summed E-state index contributed by atoms with van der Waals surface area (Å²) in [4.78, 5) is 9.17. The molecule has 1 N–H and O–H groups in total. The van der Waals surface area contributed by atoms with Crippen LogP contribution in [0.1, 0.15) is 11.1 Å². The predicted octanol–water partition coefficient (Wildman–Crippen LogP) is 4.77. The fourth-order valence-corrected chi connectivity index (χ4v) is 3.32. The van der Waals surface area contributed by atoms with E-state index in [-0.39, 0.29) is 0 Å². The average molecular weight is 374 g/mol. The van der Waals surface area contributed by atoms with E-state index in [2.05, 4.69) is 42.3 Å². The highest BCUT2D eigenvalue weighted by Gasteiger charge is 2.18. The van der Waals surface area contributed by atoms with Crippen LogP contribution in [0.3, 0.4) is 0 Å². The van der Waals surface area contributed by atoms with Gasteiger partial charge in [0.1, 0.15) is 11.5 Å². The summed E-state index contributed by atoms with van der Waals surface area (Å²) >= 11 is 0. The van der Waals surface area contributed by atoms with E-state index in [1.54, 1.807) is 20.4 Å². The number of para-hydroxylation sites is 1. The van der Waals surface area contributed by atoms with Gasteiger partial charge in [-0.05, 0) is 49.2 Å². The first kappa shape index (κ1) is 17.9. The van der Waals surface area contributed by atoms with Crippen molar-refractivity contribution >= 4 is 17.3 Å². The molecule has 0 aliphatic carbocycles. The normalized spacial score (nSPS) is 10.9. The van der Waals surface area contributed by atoms with Crippen LogP contribution in [-0.2, 0) is 0 Å². The largest absolute Gasteiger partial charge is 0.493 e. The number of nitrogens with zero attached hydrogens (tertiary/aromatic N) is 3. The number of aryl methyl sites for hydroxylation is 2. The van der Waals surface area contributed by atoms with Gasteiger partial charge in [0.25, 0.3) is 0 Å². The zero-order chi connectivity index (χ0) is 19.7. The van der Waals surface area contributed by atoms with Gasteiger partial charge in [0.2, 0.25) is 5.78 Å². The zero-order valence-electron chi connectivity index (χ0n) is 16.4. The maximum atomic E-state index is 5.47. The Morgan fingerprint density at radius 1 is 0.929 bits per heavy atom. The van der Waals surface area contributed by atoms with Crippen molar-refractivity contribution in [1.82, 2.24) is 14.4 Å². The molecule has 6 nitrogen and oxygen atoms in total. The van der Waals surface area contributed by atoms with Gasteiger partial charge in [-0.15, -0.1) is 0 Å². The van der Waals surface area contributed by atoms with E-state index in [4.69, 9.17) is 14.5 Å². The third kappa shape index (κ3) is 3.03. The summed E-state index contributed by atoms with van der Waals surface area (Å²) in [7, 11) is 3.25. The molecule has 0 bridgehead atoms. The number of ether oxygens (including phenoxy) is 2. The first-order chi connectivity index (χ1) is 13.6. The van der Waals surface area contributed by atoms with Gasteiger partial charge >= 0.3 is 0 Å². The number of imidazole rings is 1. The summed E-state index contributed by atoms with van der Waals surface area (Å²) < 4.78 is 12.8. The number of benzene rings is 2. The highest BCUT2D eigenvalue weighted by molar-refractivity contribution is 5.81. The van der Waals surface area contributed by atoms with Crippen LogP contribution in [0.5, 0.6) is 11.5 Å². The third-order valence-corrected chi connectivity index (χ3v) is 4.79. The smallest absolute Gasteiger partial charge is 0.235 e. The van der Waals surface area contributed by atoms with Crippen molar-refractivity contribution in [3.8, 4) is 22.8 Å². The monoisotopic (exact) mass is 374 g/mol. The fraction of sp³-hybridized carbons (Fsp3) is 0.182. The minimum absolute atomic E-state index is 0.626. The van der Waals surface area contributed by atoms with Crippen LogP contribution in [0.25, 0.3) is 17.0 Å². The van der Waals surface area contributed by atoms with Crippen LogP contribution in [0.2, 0.25) is 0 Å². The summed E-state index contributed by atoms with van der Waals surface area (Å²) in [5.74, 6) is 2.81. The van der Waals surface area contributed by atoms with Crippen molar-refractivity contribution in [3.05, 3.63) is 66.0 Å². The standard InChI is InChI=1S/C22H22N4O2/c1-14-7-5-8-15(2)19(14)24-21-20(25-22-23-11-6-12-26(21)22)16-9-10-17(27-3)18(13-16)28-4/h5-13,24H,1-4H3. The molecule has 4 aromatic rings. The lowest BCUT2D eigenvalue weighted by atomic mass is 10.1. The minimum Gasteiger partial charge on any atom is -0.493 e. The molecule has 142 valence electrons. The molecule has 28 heavy (non-hydrogen) atoms. The summed E-state index contributed by atoms with van der Waals surface area (Å²) in [5, 5.41) is 3.59. The van der Waals surface area contributed by atoms with E-state index in [9.17, 15) is 0 Å². The van der Waals surface area contributed by atoms with Gasteiger partial charge in [0.15, 0.2) is 11.5 Å². The van der Waals surface area contributed by atoms with Crippen molar-refractivity contribution in [1.29, 1.82) is 0 Å². The molecule has 0 saturated heterocycles. The maximum Gasteiger partial charge on any atom is 0.235 e. The Morgan fingerprint density at radius 2 is 1.68 bits per heavy atom. The lowest BCUT2D eigenvalue weighted by Gasteiger charge is -2.14. The van der Waals surface area contributed by atoms with Gasteiger partial charge < -0.3 is 14.8 Å². The molecule has 0 unspecified atom stereocenters. The van der Waals surface area contributed by atoms with Gasteiger partial charge in [-0.2, -0.15) is 0 Å². The lowest BCUT2D eigenvalue weighted by Crippen LogP contribution is -2.01. The van der Waals surface area contributed by atoms with E-state index in [0.717, 1.165) is 33.9 Å². The second kappa shape index (κ2) is 7.23. The number of hydrogen-bond donors (Lipinski definition) is 1. The van der Waals surface area contributed by atoms with Crippen LogP contribution < -0.4 is 14.8 Å². The van der Waals surface area contributed by atoms with Gasteiger partial charge in [-0.1, -0.05) is 18.2 Å². The molecule has 0 radical (unpaired) electrons. The topological polar surface area (TPSA) is 60.7 Å². The van der Waals surface area contributed by atoms with Gasteiger partial charge in [0.05, 0.1) is 14.2 Å². The zero-order valence-corrected chi connectivity index (χ0v) is 16.4.